The zero-order valence-electron chi connectivity index (χ0n) is 11.9. The van der Waals surface area contributed by atoms with E-state index in [1.807, 2.05) is 35.2 Å². The Morgan fingerprint density at radius 3 is 2.81 bits per heavy atom. The Morgan fingerprint density at radius 2 is 2.10 bits per heavy atom. The molecule has 1 amide bonds. The Hall–Kier alpha value is -2.14. The van der Waals surface area contributed by atoms with E-state index in [1.54, 1.807) is 6.08 Å². The van der Waals surface area contributed by atoms with E-state index in [-0.39, 0.29) is 11.8 Å². The third-order valence-electron chi connectivity index (χ3n) is 3.56. The molecule has 1 saturated heterocycles. The summed E-state index contributed by atoms with van der Waals surface area (Å²) < 4.78 is 0. The van der Waals surface area contributed by atoms with Crippen LogP contribution in [-0.2, 0) is 9.59 Å². The van der Waals surface area contributed by atoms with Crippen molar-refractivity contribution in [2.24, 2.45) is 5.92 Å². The number of carbonyl (C=O) groups excluding carboxylic acids is 1. The summed E-state index contributed by atoms with van der Waals surface area (Å²) in [5, 5.41) is 11.8. The summed E-state index contributed by atoms with van der Waals surface area (Å²) in [6.45, 7) is 1.71. The van der Waals surface area contributed by atoms with Gasteiger partial charge in [0.2, 0.25) is 5.91 Å². The van der Waals surface area contributed by atoms with E-state index in [1.165, 1.54) is 6.08 Å². The van der Waals surface area contributed by atoms with Gasteiger partial charge in [0.25, 0.3) is 0 Å². The van der Waals surface area contributed by atoms with Gasteiger partial charge in [-0.3, -0.25) is 14.5 Å². The Bertz CT molecular complexity index is 514. The molecule has 0 spiro atoms. The van der Waals surface area contributed by atoms with Crippen LogP contribution in [0.2, 0.25) is 0 Å². The van der Waals surface area contributed by atoms with Gasteiger partial charge in [0.15, 0.2) is 0 Å². The number of carbonyl (C=O) groups is 2. The first-order valence-electron chi connectivity index (χ1n) is 7.11. The Morgan fingerprint density at radius 1 is 1.33 bits per heavy atom. The number of piperidine rings is 1. The highest BCUT2D eigenvalue weighted by Gasteiger charge is 2.25. The fourth-order valence-electron chi connectivity index (χ4n) is 2.39. The van der Waals surface area contributed by atoms with Crippen LogP contribution in [0.3, 0.4) is 0 Å². The van der Waals surface area contributed by atoms with Crippen LogP contribution >= 0.6 is 0 Å². The second-order valence-electron chi connectivity index (χ2n) is 5.20. The quantitative estimate of drug-likeness (QED) is 0.807. The van der Waals surface area contributed by atoms with Gasteiger partial charge in [-0.05, 0) is 31.0 Å². The smallest absolute Gasteiger partial charge is 0.307 e. The molecular formula is C16H20N2O3. The van der Waals surface area contributed by atoms with Gasteiger partial charge in [-0.1, -0.05) is 30.3 Å². The number of benzene rings is 1. The summed E-state index contributed by atoms with van der Waals surface area (Å²) in [6, 6.07) is 9.60. The molecule has 1 aromatic carbocycles. The van der Waals surface area contributed by atoms with E-state index in [0.717, 1.165) is 18.5 Å². The summed E-state index contributed by atoms with van der Waals surface area (Å²) in [4.78, 5) is 24.7. The van der Waals surface area contributed by atoms with Gasteiger partial charge in [0.1, 0.15) is 0 Å². The average Bonchev–Trinajstić information content (AvgIpc) is 2.52. The lowest BCUT2D eigenvalue weighted by molar-refractivity contribution is -0.143. The normalized spacial score (nSPS) is 19.5. The fraction of sp³-hybridized carbons (Fsp3) is 0.375. The number of hydrogen-bond donors (Lipinski definition) is 2. The first-order chi connectivity index (χ1) is 10.1. The molecule has 1 aliphatic rings. The lowest BCUT2D eigenvalue weighted by Crippen LogP contribution is -2.44. The van der Waals surface area contributed by atoms with Crippen molar-refractivity contribution < 1.29 is 14.7 Å². The first-order valence-corrected chi connectivity index (χ1v) is 7.11. The molecule has 21 heavy (non-hydrogen) atoms. The monoisotopic (exact) mass is 288 g/mol. The minimum absolute atomic E-state index is 0.170. The number of carboxylic acids is 1. The van der Waals surface area contributed by atoms with E-state index >= 15 is 0 Å². The highest BCUT2D eigenvalue weighted by molar-refractivity contribution is 5.91. The molecule has 0 aromatic heterocycles. The Kier molecular flexibility index (Phi) is 5.51. The van der Waals surface area contributed by atoms with Gasteiger partial charge < -0.3 is 10.4 Å². The zero-order chi connectivity index (χ0) is 15.1. The molecule has 0 bridgehead atoms. The molecule has 1 unspecified atom stereocenters. The molecule has 112 valence electrons. The second-order valence-corrected chi connectivity index (χ2v) is 5.20. The number of aliphatic carboxylic acids is 1. The second kappa shape index (κ2) is 7.59. The summed E-state index contributed by atoms with van der Waals surface area (Å²) >= 11 is 0. The molecule has 0 saturated carbocycles. The van der Waals surface area contributed by atoms with Crippen LogP contribution in [0.25, 0.3) is 6.08 Å². The van der Waals surface area contributed by atoms with Crippen LogP contribution < -0.4 is 5.32 Å². The topological polar surface area (TPSA) is 69.6 Å². The van der Waals surface area contributed by atoms with E-state index in [4.69, 9.17) is 5.11 Å². The van der Waals surface area contributed by atoms with Crippen LogP contribution in [0, 0.1) is 5.92 Å². The molecule has 1 fully saturated rings. The van der Waals surface area contributed by atoms with Gasteiger partial charge in [-0.2, -0.15) is 0 Å². The Labute approximate surface area is 124 Å². The summed E-state index contributed by atoms with van der Waals surface area (Å²) in [5.41, 5.74) is 0.969. The van der Waals surface area contributed by atoms with Crippen LogP contribution in [-0.4, -0.2) is 41.6 Å². The Balaban J connectivity index is 1.76. The highest BCUT2D eigenvalue weighted by Crippen LogP contribution is 2.15. The molecule has 5 heteroatoms. The van der Waals surface area contributed by atoms with E-state index in [0.29, 0.717) is 19.6 Å². The van der Waals surface area contributed by atoms with Gasteiger partial charge in [0.05, 0.1) is 12.6 Å². The van der Waals surface area contributed by atoms with Crippen molar-refractivity contribution in [2.75, 3.05) is 19.8 Å². The maximum Gasteiger partial charge on any atom is 0.307 e. The molecule has 2 N–H and O–H groups in total. The van der Waals surface area contributed by atoms with E-state index in [2.05, 4.69) is 5.32 Å². The van der Waals surface area contributed by atoms with Crippen molar-refractivity contribution in [2.45, 2.75) is 12.8 Å². The van der Waals surface area contributed by atoms with Crippen molar-refractivity contribution in [3.63, 3.8) is 0 Å². The first kappa shape index (κ1) is 15.3. The molecule has 1 heterocycles. The third-order valence-corrected chi connectivity index (χ3v) is 3.56. The minimum atomic E-state index is -0.755. The van der Waals surface area contributed by atoms with Gasteiger partial charge in [-0.25, -0.2) is 0 Å². The lowest BCUT2D eigenvalue weighted by Gasteiger charge is -2.30. The van der Waals surface area contributed by atoms with Crippen molar-refractivity contribution in [1.82, 2.24) is 10.2 Å². The van der Waals surface area contributed by atoms with Crippen LogP contribution in [0.5, 0.6) is 0 Å². The number of carboxylic acid groups (broad SMARTS) is 1. The largest absolute Gasteiger partial charge is 0.481 e. The summed E-state index contributed by atoms with van der Waals surface area (Å²) in [5.74, 6) is -1.25. The van der Waals surface area contributed by atoms with Crippen molar-refractivity contribution >= 4 is 18.0 Å². The number of hydrogen-bond acceptors (Lipinski definition) is 3. The number of likely N-dealkylation sites (tertiary alicyclic amines) is 1. The molecule has 1 atom stereocenters. The van der Waals surface area contributed by atoms with Crippen LogP contribution in [0.1, 0.15) is 18.4 Å². The standard InChI is InChI=1S/C16H20N2O3/c19-15(9-8-13-5-2-1-3-6-13)17-12-18-10-4-7-14(11-18)16(20)21/h1-3,5-6,8-9,14H,4,7,10-12H2,(H,17,19)(H,20,21)/b9-8+. The summed E-state index contributed by atoms with van der Waals surface area (Å²) in [7, 11) is 0. The highest BCUT2D eigenvalue weighted by atomic mass is 16.4. The SMILES string of the molecule is O=C(/C=C/c1ccccc1)NCN1CCCC(C(=O)O)C1. The predicted molar refractivity (Wildman–Crippen MR) is 80.4 cm³/mol. The number of nitrogens with one attached hydrogen (secondary N) is 1. The molecule has 1 aromatic rings. The van der Waals surface area contributed by atoms with Crippen LogP contribution in [0.15, 0.2) is 36.4 Å². The number of amides is 1. The average molecular weight is 288 g/mol. The van der Waals surface area contributed by atoms with Crippen molar-refractivity contribution in [3.8, 4) is 0 Å². The minimum Gasteiger partial charge on any atom is -0.481 e. The molecule has 1 aliphatic heterocycles. The maximum atomic E-state index is 11.7. The molecule has 0 radical (unpaired) electrons. The number of nitrogens with zero attached hydrogens (tertiary/aromatic N) is 1. The zero-order valence-corrected chi connectivity index (χ0v) is 11.9. The molecular weight excluding hydrogens is 268 g/mol. The van der Waals surface area contributed by atoms with Crippen molar-refractivity contribution in [1.29, 1.82) is 0 Å². The third kappa shape index (κ3) is 5.04. The predicted octanol–water partition coefficient (Wildman–Crippen LogP) is 1.57. The molecule has 5 nitrogen and oxygen atoms in total. The van der Waals surface area contributed by atoms with Gasteiger partial charge in [-0.15, -0.1) is 0 Å². The maximum absolute atomic E-state index is 11.7. The molecule has 0 aliphatic carbocycles. The summed E-state index contributed by atoms with van der Waals surface area (Å²) in [6.07, 6.45) is 4.82. The van der Waals surface area contributed by atoms with Crippen molar-refractivity contribution in [3.05, 3.63) is 42.0 Å². The van der Waals surface area contributed by atoms with E-state index in [9.17, 15) is 9.59 Å². The fourth-order valence-corrected chi connectivity index (χ4v) is 2.39. The lowest BCUT2D eigenvalue weighted by atomic mass is 9.99. The van der Waals surface area contributed by atoms with Crippen LogP contribution in [0.4, 0.5) is 0 Å². The van der Waals surface area contributed by atoms with E-state index < -0.39 is 5.97 Å². The van der Waals surface area contributed by atoms with Gasteiger partial charge in [0, 0.05) is 12.6 Å². The van der Waals surface area contributed by atoms with Gasteiger partial charge >= 0.3 is 5.97 Å². The molecule has 2 rings (SSSR count). The number of rotatable bonds is 5.